The summed E-state index contributed by atoms with van der Waals surface area (Å²) in [6.07, 6.45) is 0. The van der Waals surface area contributed by atoms with Gasteiger partial charge in [0.15, 0.2) is 0 Å². The molecule has 0 aliphatic rings. The van der Waals surface area contributed by atoms with Gasteiger partial charge in [-0.1, -0.05) is 38.1 Å². The SMILES string of the molecule is CCN(CC)Cc1ccc(CNC(=O)C(C)Cl)cc1. The molecule has 1 aromatic rings. The maximum Gasteiger partial charge on any atom is 0.238 e. The molecule has 1 unspecified atom stereocenters. The van der Waals surface area contributed by atoms with Crippen LogP contribution in [0.2, 0.25) is 0 Å². The number of carbonyl (C=O) groups excluding carboxylic acids is 1. The van der Waals surface area contributed by atoms with Crippen molar-refractivity contribution in [2.45, 2.75) is 39.2 Å². The average Bonchev–Trinajstić information content (AvgIpc) is 2.43. The van der Waals surface area contributed by atoms with Gasteiger partial charge < -0.3 is 5.32 Å². The van der Waals surface area contributed by atoms with Crippen LogP contribution < -0.4 is 5.32 Å². The number of halogens is 1. The Morgan fingerprint density at radius 1 is 1.21 bits per heavy atom. The average molecular weight is 283 g/mol. The molecule has 0 saturated heterocycles. The zero-order chi connectivity index (χ0) is 14.3. The van der Waals surface area contributed by atoms with E-state index in [0.29, 0.717) is 6.54 Å². The molecule has 0 aromatic heterocycles. The van der Waals surface area contributed by atoms with Gasteiger partial charge >= 0.3 is 0 Å². The maximum absolute atomic E-state index is 11.4. The molecule has 0 spiro atoms. The molecule has 1 amide bonds. The fourth-order valence-electron chi connectivity index (χ4n) is 1.80. The Labute approximate surface area is 120 Å². The summed E-state index contributed by atoms with van der Waals surface area (Å²) >= 11 is 5.69. The van der Waals surface area contributed by atoms with Gasteiger partial charge in [0.1, 0.15) is 5.38 Å². The lowest BCUT2D eigenvalue weighted by Crippen LogP contribution is -2.29. The number of hydrogen-bond acceptors (Lipinski definition) is 2. The molecule has 0 bridgehead atoms. The standard InChI is InChI=1S/C15H23ClN2O/c1-4-18(5-2)11-14-8-6-13(7-9-14)10-17-15(19)12(3)16/h6-9,12H,4-5,10-11H2,1-3H3,(H,17,19). The molecule has 0 saturated carbocycles. The molecular formula is C15H23ClN2O. The monoisotopic (exact) mass is 282 g/mol. The summed E-state index contributed by atoms with van der Waals surface area (Å²) in [6.45, 7) is 9.62. The van der Waals surface area contributed by atoms with Gasteiger partial charge in [-0.15, -0.1) is 11.6 Å². The number of nitrogens with one attached hydrogen (secondary N) is 1. The molecule has 0 heterocycles. The van der Waals surface area contributed by atoms with Crippen molar-refractivity contribution in [3.8, 4) is 0 Å². The Hall–Kier alpha value is -1.06. The largest absolute Gasteiger partial charge is 0.351 e. The minimum absolute atomic E-state index is 0.131. The fourth-order valence-corrected chi connectivity index (χ4v) is 1.87. The van der Waals surface area contributed by atoms with Crippen LogP contribution in [0.25, 0.3) is 0 Å². The lowest BCUT2D eigenvalue weighted by atomic mass is 10.1. The van der Waals surface area contributed by atoms with E-state index in [9.17, 15) is 4.79 Å². The summed E-state index contributed by atoms with van der Waals surface area (Å²) < 4.78 is 0. The van der Waals surface area contributed by atoms with Crippen molar-refractivity contribution in [3.63, 3.8) is 0 Å². The highest BCUT2D eigenvalue weighted by molar-refractivity contribution is 6.30. The van der Waals surface area contributed by atoms with Crippen molar-refractivity contribution < 1.29 is 4.79 Å². The van der Waals surface area contributed by atoms with Crippen LogP contribution in [-0.2, 0) is 17.9 Å². The van der Waals surface area contributed by atoms with Crippen LogP contribution in [0.4, 0.5) is 0 Å². The van der Waals surface area contributed by atoms with Crippen LogP contribution >= 0.6 is 11.6 Å². The smallest absolute Gasteiger partial charge is 0.238 e. The minimum atomic E-state index is -0.484. The van der Waals surface area contributed by atoms with Crippen molar-refractivity contribution in [1.82, 2.24) is 10.2 Å². The van der Waals surface area contributed by atoms with Gasteiger partial charge in [0.2, 0.25) is 5.91 Å². The number of benzene rings is 1. The first-order valence-corrected chi connectivity index (χ1v) is 7.22. The topological polar surface area (TPSA) is 32.3 Å². The number of nitrogens with zero attached hydrogens (tertiary/aromatic N) is 1. The lowest BCUT2D eigenvalue weighted by molar-refractivity contribution is -0.120. The Kier molecular flexibility index (Phi) is 6.89. The van der Waals surface area contributed by atoms with Crippen LogP contribution in [0.3, 0.4) is 0 Å². The first kappa shape index (κ1) is 16.0. The highest BCUT2D eigenvalue weighted by atomic mass is 35.5. The molecule has 3 nitrogen and oxygen atoms in total. The second-order valence-electron chi connectivity index (χ2n) is 4.61. The summed E-state index contributed by atoms with van der Waals surface area (Å²) in [6, 6.07) is 8.34. The normalized spacial score (nSPS) is 12.5. The van der Waals surface area contributed by atoms with Crippen LogP contribution in [0, 0.1) is 0 Å². The first-order chi connectivity index (χ1) is 9.06. The van der Waals surface area contributed by atoms with Gasteiger partial charge in [-0.05, 0) is 31.1 Å². The van der Waals surface area contributed by atoms with Crippen LogP contribution in [0.1, 0.15) is 31.9 Å². The van der Waals surface area contributed by atoms with Gasteiger partial charge in [-0.2, -0.15) is 0 Å². The molecule has 0 aliphatic carbocycles. The molecule has 19 heavy (non-hydrogen) atoms. The second-order valence-corrected chi connectivity index (χ2v) is 5.27. The van der Waals surface area contributed by atoms with E-state index in [0.717, 1.165) is 25.2 Å². The molecule has 106 valence electrons. The number of alkyl halides is 1. The Morgan fingerprint density at radius 2 is 1.74 bits per heavy atom. The number of rotatable bonds is 7. The molecule has 1 aromatic carbocycles. The molecule has 0 aliphatic heterocycles. The lowest BCUT2D eigenvalue weighted by Gasteiger charge is -2.18. The fraction of sp³-hybridized carbons (Fsp3) is 0.533. The van der Waals surface area contributed by atoms with Crippen molar-refractivity contribution in [2.75, 3.05) is 13.1 Å². The molecule has 1 N–H and O–H groups in total. The quantitative estimate of drug-likeness (QED) is 0.780. The van der Waals surface area contributed by atoms with Gasteiger partial charge in [0, 0.05) is 13.1 Å². The van der Waals surface area contributed by atoms with E-state index in [1.165, 1.54) is 5.56 Å². The summed E-state index contributed by atoms with van der Waals surface area (Å²) in [5.41, 5.74) is 2.39. The van der Waals surface area contributed by atoms with Gasteiger partial charge in [0.05, 0.1) is 0 Å². The van der Waals surface area contributed by atoms with E-state index in [1.54, 1.807) is 6.92 Å². The zero-order valence-electron chi connectivity index (χ0n) is 11.9. The van der Waals surface area contributed by atoms with E-state index in [2.05, 4.69) is 48.3 Å². The predicted octanol–water partition coefficient (Wildman–Crippen LogP) is 2.77. The molecule has 0 fully saturated rings. The van der Waals surface area contributed by atoms with Crippen molar-refractivity contribution in [2.24, 2.45) is 0 Å². The third-order valence-corrected chi connectivity index (χ3v) is 3.35. The Bertz CT molecular complexity index is 386. The van der Waals surface area contributed by atoms with E-state index in [-0.39, 0.29) is 5.91 Å². The van der Waals surface area contributed by atoms with Gasteiger partial charge in [-0.3, -0.25) is 9.69 Å². The molecule has 1 atom stereocenters. The van der Waals surface area contributed by atoms with Gasteiger partial charge in [0.25, 0.3) is 0 Å². The highest BCUT2D eigenvalue weighted by Crippen LogP contribution is 2.07. The van der Waals surface area contributed by atoms with Crippen LogP contribution in [0.5, 0.6) is 0 Å². The molecule has 1 rings (SSSR count). The van der Waals surface area contributed by atoms with E-state index < -0.39 is 5.38 Å². The Morgan fingerprint density at radius 3 is 2.21 bits per heavy atom. The minimum Gasteiger partial charge on any atom is -0.351 e. The van der Waals surface area contributed by atoms with Crippen molar-refractivity contribution in [3.05, 3.63) is 35.4 Å². The summed E-state index contributed by atoms with van der Waals surface area (Å²) in [7, 11) is 0. The molecule has 0 radical (unpaired) electrons. The van der Waals surface area contributed by atoms with Gasteiger partial charge in [-0.25, -0.2) is 0 Å². The zero-order valence-corrected chi connectivity index (χ0v) is 12.7. The maximum atomic E-state index is 11.4. The third kappa shape index (κ3) is 5.62. The van der Waals surface area contributed by atoms with Crippen molar-refractivity contribution in [1.29, 1.82) is 0 Å². The third-order valence-electron chi connectivity index (χ3n) is 3.15. The molecule has 4 heteroatoms. The summed E-state index contributed by atoms with van der Waals surface area (Å²) in [4.78, 5) is 13.7. The number of amides is 1. The summed E-state index contributed by atoms with van der Waals surface area (Å²) in [5, 5.41) is 2.32. The van der Waals surface area contributed by atoms with E-state index in [4.69, 9.17) is 11.6 Å². The number of carbonyl (C=O) groups is 1. The highest BCUT2D eigenvalue weighted by Gasteiger charge is 2.08. The predicted molar refractivity (Wildman–Crippen MR) is 80.2 cm³/mol. The van der Waals surface area contributed by atoms with E-state index in [1.807, 2.05) is 0 Å². The Balaban J connectivity index is 2.49. The first-order valence-electron chi connectivity index (χ1n) is 6.78. The number of hydrogen-bond donors (Lipinski definition) is 1. The second kappa shape index (κ2) is 8.18. The van der Waals surface area contributed by atoms with E-state index >= 15 is 0 Å². The van der Waals surface area contributed by atoms with Crippen LogP contribution in [0.15, 0.2) is 24.3 Å². The molecular weight excluding hydrogens is 260 g/mol. The van der Waals surface area contributed by atoms with Crippen molar-refractivity contribution >= 4 is 17.5 Å². The summed E-state index contributed by atoms with van der Waals surface area (Å²) in [5.74, 6) is -0.131. The van der Waals surface area contributed by atoms with Crippen LogP contribution in [-0.4, -0.2) is 29.3 Å².